The van der Waals surface area contributed by atoms with Crippen molar-refractivity contribution in [2.75, 3.05) is 13.1 Å². The van der Waals surface area contributed by atoms with E-state index in [2.05, 4.69) is 24.3 Å². The first-order valence-electron chi connectivity index (χ1n) is 5.38. The van der Waals surface area contributed by atoms with Crippen LogP contribution in [0.25, 0.3) is 0 Å². The highest BCUT2D eigenvalue weighted by molar-refractivity contribution is 4.65. The molecule has 0 aromatic heterocycles. The second-order valence-electron chi connectivity index (χ2n) is 3.69. The fraction of sp³-hybridized carbons (Fsp3) is 1.00. The summed E-state index contributed by atoms with van der Waals surface area (Å²) in [6.45, 7) is 7.00. The minimum atomic E-state index is 0.697. The van der Waals surface area contributed by atoms with Gasteiger partial charge in [-0.3, -0.25) is 5.43 Å². The van der Waals surface area contributed by atoms with Crippen molar-refractivity contribution >= 4 is 0 Å². The Labute approximate surface area is 76.3 Å². The number of hydrazine groups is 1. The molecule has 1 fully saturated rings. The van der Waals surface area contributed by atoms with Gasteiger partial charge in [0, 0.05) is 19.1 Å². The second kappa shape index (κ2) is 5.55. The first-order chi connectivity index (χ1) is 5.86. The summed E-state index contributed by atoms with van der Waals surface area (Å²) in [5.41, 5.74) is 3.59. The predicted octanol–water partition coefficient (Wildman–Crippen LogP) is 2.17. The van der Waals surface area contributed by atoms with E-state index in [9.17, 15) is 0 Å². The summed E-state index contributed by atoms with van der Waals surface area (Å²) in [5.74, 6) is 0. The largest absolute Gasteiger partial charge is 0.252 e. The molecule has 0 unspecified atom stereocenters. The van der Waals surface area contributed by atoms with Crippen molar-refractivity contribution in [1.82, 2.24) is 10.4 Å². The molecule has 72 valence electrons. The maximum Gasteiger partial charge on any atom is 0.0210 e. The van der Waals surface area contributed by atoms with Gasteiger partial charge in [0.1, 0.15) is 0 Å². The topological polar surface area (TPSA) is 15.3 Å². The van der Waals surface area contributed by atoms with Crippen LogP contribution in [0.15, 0.2) is 0 Å². The molecule has 0 radical (unpaired) electrons. The first kappa shape index (κ1) is 10.0. The first-order valence-corrected chi connectivity index (χ1v) is 5.38. The molecule has 0 bridgehead atoms. The third-order valence-corrected chi connectivity index (χ3v) is 2.71. The maximum absolute atomic E-state index is 3.59. The quantitative estimate of drug-likeness (QED) is 0.695. The Balaban J connectivity index is 2.18. The monoisotopic (exact) mass is 170 g/mol. The third-order valence-electron chi connectivity index (χ3n) is 2.71. The van der Waals surface area contributed by atoms with Crippen molar-refractivity contribution in [2.24, 2.45) is 0 Å². The van der Waals surface area contributed by atoms with E-state index in [1.54, 1.807) is 0 Å². The average Bonchev–Trinajstić information content (AvgIpc) is 2.16. The lowest BCUT2D eigenvalue weighted by Crippen LogP contribution is -2.46. The van der Waals surface area contributed by atoms with Crippen LogP contribution in [0.1, 0.15) is 46.0 Å². The van der Waals surface area contributed by atoms with Crippen LogP contribution in [-0.4, -0.2) is 24.1 Å². The molecule has 1 saturated heterocycles. The van der Waals surface area contributed by atoms with Crippen LogP contribution in [0.4, 0.5) is 0 Å². The molecule has 0 spiro atoms. The van der Waals surface area contributed by atoms with E-state index in [-0.39, 0.29) is 0 Å². The smallest absolute Gasteiger partial charge is 0.0210 e. The van der Waals surface area contributed by atoms with E-state index in [1.165, 1.54) is 45.2 Å². The number of rotatable bonds is 4. The molecule has 12 heavy (non-hydrogen) atoms. The van der Waals surface area contributed by atoms with E-state index in [0.717, 1.165) is 0 Å². The molecule has 0 aromatic rings. The lowest BCUT2D eigenvalue weighted by atomic mass is 10.1. The molecule has 1 aliphatic heterocycles. The van der Waals surface area contributed by atoms with Gasteiger partial charge in [-0.15, -0.1) is 0 Å². The summed E-state index contributed by atoms with van der Waals surface area (Å²) in [6, 6.07) is 0.697. The van der Waals surface area contributed by atoms with Crippen molar-refractivity contribution in [3.63, 3.8) is 0 Å². The fourth-order valence-electron chi connectivity index (χ4n) is 1.75. The van der Waals surface area contributed by atoms with Gasteiger partial charge in [-0.25, -0.2) is 5.01 Å². The summed E-state index contributed by atoms with van der Waals surface area (Å²) in [5, 5.41) is 2.40. The molecule has 1 heterocycles. The van der Waals surface area contributed by atoms with Gasteiger partial charge in [0.05, 0.1) is 0 Å². The van der Waals surface area contributed by atoms with Crippen LogP contribution >= 0.6 is 0 Å². The van der Waals surface area contributed by atoms with Crippen molar-refractivity contribution < 1.29 is 0 Å². The van der Waals surface area contributed by atoms with Crippen LogP contribution in [0.5, 0.6) is 0 Å². The van der Waals surface area contributed by atoms with Gasteiger partial charge in [0.2, 0.25) is 0 Å². The van der Waals surface area contributed by atoms with Crippen molar-refractivity contribution in [3.8, 4) is 0 Å². The van der Waals surface area contributed by atoms with Crippen molar-refractivity contribution in [3.05, 3.63) is 0 Å². The normalized spacial score (nSPS) is 20.2. The van der Waals surface area contributed by atoms with Gasteiger partial charge < -0.3 is 0 Å². The molecule has 1 N–H and O–H groups in total. The molecule has 0 saturated carbocycles. The Bertz CT molecular complexity index is 104. The van der Waals surface area contributed by atoms with Gasteiger partial charge in [-0.2, -0.15) is 0 Å². The van der Waals surface area contributed by atoms with Crippen LogP contribution < -0.4 is 5.43 Å². The Morgan fingerprint density at radius 2 is 1.67 bits per heavy atom. The Morgan fingerprint density at radius 3 is 2.17 bits per heavy atom. The lowest BCUT2D eigenvalue weighted by Gasteiger charge is -2.30. The van der Waals surface area contributed by atoms with Crippen LogP contribution in [-0.2, 0) is 0 Å². The molecular weight excluding hydrogens is 148 g/mol. The molecule has 0 amide bonds. The molecule has 1 rings (SSSR count). The lowest BCUT2D eigenvalue weighted by molar-refractivity contribution is 0.125. The van der Waals surface area contributed by atoms with Crippen LogP contribution in [0, 0.1) is 0 Å². The van der Waals surface area contributed by atoms with E-state index in [0.29, 0.717) is 6.04 Å². The maximum atomic E-state index is 3.59. The molecule has 2 nitrogen and oxygen atoms in total. The van der Waals surface area contributed by atoms with Crippen LogP contribution in [0.2, 0.25) is 0 Å². The minimum absolute atomic E-state index is 0.697. The van der Waals surface area contributed by atoms with Gasteiger partial charge in [-0.05, 0) is 25.7 Å². The average molecular weight is 170 g/mol. The summed E-state index contributed by atoms with van der Waals surface area (Å²) in [7, 11) is 0. The molecule has 0 aliphatic carbocycles. The van der Waals surface area contributed by atoms with Gasteiger partial charge in [-0.1, -0.05) is 20.3 Å². The van der Waals surface area contributed by atoms with E-state index in [4.69, 9.17) is 0 Å². The summed E-state index contributed by atoms with van der Waals surface area (Å²) >= 11 is 0. The van der Waals surface area contributed by atoms with E-state index in [1.807, 2.05) is 0 Å². The number of piperidine rings is 1. The van der Waals surface area contributed by atoms with Gasteiger partial charge in [0.15, 0.2) is 0 Å². The summed E-state index contributed by atoms with van der Waals surface area (Å²) in [4.78, 5) is 0. The zero-order valence-corrected chi connectivity index (χ0v) is 8.47. The SMILES string of the molecule is CCC(CC)NN1CCCCC1. The third kappa shape index (κ3) is 3.11. The standard InChI is InChI=1S/C10H22N2/c1-3-10(4-2)11-12-8-6-5-7-9-12/h10-11H,3-9H2,1-2H3. The van der Waals surface area contributed by atoms with Gasteiger partial charge in [0.25, 0.3) is 0 Å². The number of nitrogens with one attached hydrogen (secondary N) is 1. The highest BCUT2D eigenvalue weighted by atomic mass is 15.5. The van der Waals surface area contributed by atoms with Crippen molar-refractivity contribution in [2.45, 2.75) is 52.0 Å². The van der Waals surface area contributed by atoms with Crippen molar-refractivity contribution in [1.29, 1.82) is 0 Å². The highest BCUT2D eigenvalue weighted by Crippen LogP contribution is 2.07. The predicted molar refractivity (Wildman–Crippen MR) is 52.9 cm³/mol. The molecule has 1 aliphatic rings. The molecule has 0 aromatic carbocycles. The second-order valence-corrected chi connectivity index (χ2v) is 3.69. The van der Waals surface area contributed by atoms with E-state index >= 15 is 0 Å². The van der Waals surface area contributed by atoms with Crippen LogP contribution in [0.3, 0.4) is 0 Å². The molecule has 0 atom stereocenters. The van der Waals surface area contributed by atoms with Gasteiger partial charge >= 0.3 is 0 Å². The summed E-state index contributed by atoms with van der Waals surface area (Å²) in [6.07, 6.45) is 6.64. The van der Waals surface area contributed by atoms with E-state index < -0.39 is 0 Å². The fourth-order valence-corrected chi connectivity index (χ4v) is 1.75. The Morgan fingerprint density at radius 1 is 1.08 bits per heavy atom. The minimum Gasteiger partial charge on any atom is -0.252 e. The number of hydrogen-bond acceptors (Lipinski definition) is 2. The highest BCUT2D eigenvalue weighted by Gasteiger charge is 2.12. The Hall–Kier alpha value is -0.0800. The number of hydrogen-bond donors (Lipinski definition) is 1. The molecular formula is C10H22N2. The zero-order valence-electron chi connectivity index (χ0n) is 8.47. The Kier molecular flexibility index (Phi) is 4.62. The molecule has 2 heteroatoms. The summed E-state index contributed by atoms with van der Waals surface area (Å²) < 4.78 is 0. The number of nitrogens with zero attached hydrogens (tertiary/aromatic N) is 1. The zero-order chi connectivity index (χ0) is 8.81.